The van der Waals surface area contributed by atoms with Crippen LogP contribution in [0.5, 0.6) is 0 Å². The van der Waals surface area contributed by atoms with E-state index in [1.807, 2.05) is 4.57 Å². The first-order valence-electron chi connectivity index (χ1n) is 11.1. The Hall–Kier alpha value is -3.62. The minimum absolute atomic E-state index is 0.0141. The number of amides is 2. The van der Waals surface area contributed by atoms with Crippen molar-refractivity contribution < 1.29 is 18.4 Å². The maximum absolute atomic E-state index is 14.5. The third-order valence-electron chi connectivity index (χ3n) is 6.23. The van der Waals surface area contributed by atoms with Crippen molar-refractivity contribution in [1.29, 1.82) is 0 Å². The highest BCUT2D eigenvalue weighted by atomic mass is 19.1. The Morgan fingerprint density at radius 3 is 2.73 bits per heavy atom. The van der Waals surface area contributed by atoms with Crippen LogP contribution in [0, 0.1) is 17.6 Å². The predicted octanol–water partition coefficient (Wildman–Crippen LogP) is 3.94. The first kappa shape index (κ1) is 21.2. The van der Waals surface area contributed by atoms with Crippen LogP contribution in [0.3, 0.4) is 0 Å². The molecule has 0 saturated carbocycles. The van der Waals surface area contributed by atoms with Crippen molar-refractivity contribution in [3.05, 3.63) is 59.9 Å². The van der Waals surface area contributed by atoms with Crippen LogP contribution in [0.15, 0.2) is 42.5 Å². The summed E-state index contributed by atoms with van der Waals surface area (Å²) >= 11 is 0. The molecule has 9 heteroatoms. The predicted molar refractivity (Wildman–Crippen MR) is 118 cm³/mol. The van der Waals surface area contributed by atoms with E-state index in [2.05, 4.69) is 15.5 Å². The second-order valence-corrected chi connectivity index (χ2v) is 8.44. The summed E-state index contributed by atoms with van der Waals surface area (Å²) in [5.41, 5.74) is 0.807. The topological polar surface area (TPSA) is 80.1 Å². The average molecular weight is 451 g/mol. The highest BCUT2D eigenvalue weighted by Gasteiger charge is 2.36. The minimum Gasteiger partial charge on any atom is -0.323 e. The Morgan fingerprint density at radius 1 is 1.03 bits per heavy atom. The Balaban J connectivity index is 1.35. The number of hydrogen-bond acceptors (Lipinski definition) is 4. The zero-order valence-corrected chi connectivity index (χ0v) is 17.9. The van der Waals surface area contributed by atoms with E-state index in [0.717, 1.165) is 38.1 Å². The number of aromatic nitrogens is 3. The van der Waals surface area contributed by atoms with Crippen LogP contribution in [-0.2, 0) is 22.6 Å². The number of aryl methyl sites for hydroxylation is 1. The van der Waals surface area contributed by atoms with Crippen LogP contribution in [0.4, 0.5) is 20.2 Å². The SMILES string of the molecule is O=C(Nc1cc(-c2nnc3n2CCCCC3)ccc1F)C1CC(=O)N(c2ccccc2F)C1. The molecule has 170 valence electrons. The monoisotopic (exact) mass is 451 g/mol. The van der Waals surface area contributed by atoms with Gasteiger partial charge in [-0.15, -0.1) is 10.2 Å². The summed E-state index contributed by atoms with van der Waals surface area (Å²) in [7, 11) is 0. The molecule has 0 aliphatic carbocycles. The lowest BCUT2D eigenvalue weighted by atomic mass is 10.1. The number of hydrogen-bond donors (Lipinski definition) is 1. The number of para-hydroxylation sites is 1. The molecule has 1 saturated heterocycles. The largest absolute Gasteiger partial charge is 0.323 e. The van der Waals surface area contributed by atoms with Crippen molar-refractivity contribution >= 4 is 23.2 Å². The van der Waals surface area contributed by atoms with Gasteiger partial charge in [0, 0.05) is 31.5 Å². The molecule has 2 aliphatic rings. The molecule has 1 unspecified atom stereocenters. The summed E-state index contributed by atoms with van der Waals surface area (Å²) in [5.74, 6) is -1.11. The van der Waals surface area contributed by atoms with Crippen molar-refractivity contribution in [2.75, 3.05) is 16.8 Å². The van der Waals surface area contributed by atoms with E-state index < -0.39 is 23.5 Å². The fourth-order valence-corrected chi connectivity index (χ4v) is 4.48. The molecular formula is C24H23F2N5O2. The van der Waals surface area contributed by atoms with Gasteiger partial charge in [-0.3, -0.25) is 9.59 Å². The van der Waals surface area contributed by atoms with Crippen LogP contribution in [0.25, 0.3) is 11.4 Å². The highest BCUT2D eigenvalue weighted by Crippen LogP contribution is 2.30. The van der Waals surface area contributed by atoms with E-state index in [1.54, 1.807) is 18.2 Å². The molecule has 3 heterocycles. The lowest BCUT2D eigenvalue weighted by Gasteiger charge is -2.17. The number of carbonyl (C=O) groups excluding carboxylic acids is 2. The second-order valence-electron chi connectivity index (χ2n) is 8.44. The average Bonchev–Trinajstić information content (AvgIpc) is 3.31. The van der Waals surface area contributed by atoms with Gasteiger partial charge in [-0.2, -0.15) is 0 Å². The maximum atomic E-state index is 14.5. The van der Waals surface area contributed by atoms with Crippen LogP contribution in [0.2, 0.25) is 0 Å². The quantitative estimate of drug-likeness (QED) is 0.652. The summed E-state index contributed by atoms with van der Waals surface area (Å²) < 4.78 is 30.7. The van der Waals surface area contributed by atoms with Crippen LogP contribution >= 0.6 is 0 Å². The van der Waals surface area contributed by atoms with Crippen molar-refractivity contribution in [2.45, 2.75) is 38.6 Å². The van der Waals surface area contributed by atoms with Crippen LogP contribution in [0.1, 0.15) is 31.5 Å². The van der Waals surface area contributed by atoms with Gasteiger partial charge in [0.05, 0.1) is 17.3 Å². The van der Waals surface area contributed by atoms with Gasteiger partial charge in [-0.25, -0.2) is 8.78 Å². The third-order valence-corrected chi connectivity index (χ3v) is 6.23. The summed E-state index contributed by atoms with van der Waals surface area (Å²) in [6, 6.07) is 10.4. The van der Waals surface area contributed by atoms with Gasteiger partial charge in [0.1, 0.15) is 17.5 Å². The summed E-state index contributed by atoms with van der Waals surface area (Å²) in [6.07, 6.45) is 3.99. The zero-order chi connectivity index (χ0) is 22.9. The lowest BCUT2D eigenvalue weighted by molar-refractivity contribution is -0.122. The number of anilines is 2. The normalized spacial score (nSPS) is 18.2. The van der Waals surface area contributed by atoms with Crippen LogP contribution in [-0.4, -0.2) is 33.1 Å². The number of rotatable bonds is 4. The Bertz CT molecular complexity index is 1230. The van der Waals surface area contributed by atoms with Gasteiger partial charge >= 0.3 is 0 Å². The molecule has 0 spiro atoms. The lowest BCUT2D eigenvalue weighted by Crippen LogP contribution is -2.28. The van der Waals surface area contributed by atoms with Gasteiger partial charge in [0.2, 0.25) is 11.8 Å². The maximum Gasteiger partial charge on any atom is 0.229 e. The summed E-state index contributed by atoms with van der Waals surface area (Å²) in [5, 5.41) is 11.2. The summed E-state index contributed by atoms with van der Waals surface area (Å²) in [4.78, 5) is 26.6. The molecule has 1 atom stereocenters. The van der Waals surface area contributed by atoms with Gasteiger partial charge in [0.15, 0.2) is 5.82 Å². The van der Waals surface area contributed by atoms with Gasteiger partial charge in [-0.05, 0) is 43.2 Å². The van der Waals surface area contributed by atoms with E-state index in [1.165, 1.54) is 29.2 Å². The zero-order valence-electron chi connectivity index (χ0n) is 17.9. The second kappa shape index (κ2) is 8.73. The number of nitrogens with one attached hydrogen (secondary N) is 1. The number of carbonyl (C=O) groups is 2. The molecule has 0 radical (unpaired) electrons. The van der Waals surface area contributed by atoms with E-state index in [0.29, 0.717) is 11.4 Å². The van der Waals surface area contributed by atoms with Crippen LogP contribution < -0.4 is 10.2 Å². The molecule has 1 aromatic heterocycles. The minimum atomic E-state index is -0.718. The fraction of sp³-hybridized carbons (Fsp3) is 0.333. The fourth-order valence-electron chi connectivity index (χ4n) is 4.48. The van der Waals surface area contributed by atoms with E-state index in [9.17, 15) is 18.4 Å². The number of benzene rings is 2. The molecular weight excluding hydrogens is 428 g/mol. The Labute approximate surface area is 189 Å². The van der Waals surface area contributed by atoms with Gasteiger partial charge < -0.3 is 14.8 Å². The molecule has 2 aromatic carbocycles. The summed E-state index contributed by atoms with van der Waals surface area (Å²) in [6.45, 7) is 0.831. The molecule has 1 fully saturated rings. The molecule has 3 aromatic rings. The third kappa shape index (κ3) is 4.10. The Morgan fingerprint density at radius 2 is 1.88 bits per heavy atom. The number of nitrogens with zero attached hydrogens (tertiary/aromatic N) is 4. The van der Waals surface area contributed by atoms with Crippen molar-refractivity contribution in [3.63, 3.8) is 0 Å². The molecule has 5 rings (SSSR count). The van der Waals surface area contributed by atoms with Gasteiger partial charge in [-0.1, -0.05) is 18.6 Å². The number of halogens is 2. The number of fused-ring (bicyclic) bond motifs is 1. The first-order chi connectivity index (χ1) is 16.0. The Kier molecular flexibility index (Phi) is 5.62. The smallest absolute Gasteiger partial charge is 0.229 e. The highest BCUT2D eigenvalue weighted by molar-refractivity contribution is 6.03. The molecule has 2 amide bonds. The molecule has 0 bridgehead atoms. The van der Waals surface area contributed by atoms with E-state index in [-0.39, 0.29) is 30.2 Å². The van der Waals surface area contributed by atoms with Crippen molar-refractivity contribution in [2.24, 2.45) is 5.92 Å². The molecule has 1 N–H and O–H groups in total. The van der Waals surface area contributed by atoms with E-state index >= 15 is 0 Å². The first-order valence-corrected chi connectivity index (χ1v) is 11.1. The van der Waals surface area contributed by atoms with E-state index in [4.69, 9.17) is 0 Å². The standard InChI is InChI=1S/C24H23F2N5O2/c25-17-10-9-15(23-29-28-21-8-2-1-5-11-30(21)23)12-19(17)27-24(33)16-13-22(32)31(14-16)20-7-4-3-6-18(20)26/h3-4,6-7,9-10,12,16H,1-2,5,8,11,13-14H2,(H,27,33). The molecule has 7 nitrogen and oxygen atoms in total. The molecule has 33 heavy (non-hydrogen) atoms. The van der Waals surface area contributed by atoms with Gasteiger partial charge in [0.25, 0.3) is 0 Å². The molecule has 2 aliphatic heterocycles. The van der Waals surface area contributed by atoms with Crippen molar-refractivity contribution in [1.82, 2.24) is 14.8 Å². The van der Waals surface area contributed by atoms with Crippen molar-refractivity contribution in [3.8, 4) is 11.4 Å².